The molecule has 2 saturated heterocycles. The van der Waals surface area contributed by atoms with Crippen LogP contribution in [0.2, 0.25) is 0 Å². The summed E-state index contributed by atoms with van der Waals surface area (Å²) in [6.07, 6.45) is 0.0652. The molecule has 0 N–H and O–H groups in total. The van der Waals surface area contributed by atoms with Crippen molar-refractivity contribution in [2.24, 2.45) is 5.92 Å². The molecule has 6 nitrogen and oxygen atoms in total. The fraction of sp³-hybridized carbons (Fsp3) is 0.562. The molecule has 0 saturated carbocycles. The van der Waals surface area contributed by atoms with Gasteiger partial charge in [-0.1, -0.05) is 0 Å². The van der Waals surface area contributed by atoms with Gasteiger partial charge in [-0.15, -0.1) is 0 Å². The summed E-state index contributed by atoms with van der Waals surface area (Å²) in [7, 11) is 0. The number of ether oxygens (including phenoxy) is 4. The van der Waals surface area contributed by atoms with Crippen molar-refractivity contribution in [3.8, 4) is 11.5 Å². The molecule has 0 aromatic heterocycles. The Labute approximate surface area is 128 Å². The van der Waals surface area contributed by atoms with Crippen molar-refractivity contribution in [1.82, 2.24) is 4.90 Å². The molecule has 2 fully saturated rings. The lowest BCUT2D eigenvalue weighted by Gasteiger charge is -2.22. The summed E-state index contributed by atoms with van der Waals surface area (Å²) in [6, 6.07) is 5.43. The molecule has 118 valence electrons. The Hall–Kier alpha value is -1.79. The van der Waals surface area contributed by atoms with E-state index in [0.717, 1.165) is 0 Å². The zero-order valence-electron chi connectivity index (χ0n) is 12.5. The minimum Gasteiger partial charge on any atom is -0.454 e. The Bertz CT molecular complexity index is 590. The smallest absolute Gasteiger partial charge is 0.254 e. The van der Waals surface area contributed by atoms with Gasteiger partial charge in [0.2, 0.25) is 6.79 Å². The van der Waals surface area contributed by atoms with Crippen LogP contribution in [0.15, 0.2) is 18.2 Å². The van der Waals surface area contributed by atoms with E-state index in [0.29, 0.717) is 43.4 Å². The molecular formula is C16H19NO5. The van der Waals surface area contributed by atoms with Gasteiger partial charge in [0.15, 0.2) is 11.5 Å². The Morgan fingerprint density at radius 3 is 3.05 bits per heavy atom. The number of amides is 1. The van der Waals surface area contributed by atoms with E-state index in [1.165, 1.54) is 0 Å². The number of likely N-dealkylation sites (tertiary alicyclic amines) is 1. The lowest BCUT2D eigenvalue weighted by atomic mass is 10.0. The average Bonchev–Trinajstić information content (AvgIpc) is 3.23. The van der Waals surface area contributed by atoms with Crippen molar-refractivity contribution < 1.29 is 23.7 Å². The molecule has 0 radical (unpaired) electrons. The fourth-order valence-corrected chi connectivity index (χ4v) is 3.52. The molecule has 3 aliphatic rings. The number of carbonyl (C=O) groups is 1. The lowest BCUT2D eigenvalue weighted by Crippen LogP contribution is -2.38. The molecule has 1 aromatic carbocycles. The number of rotatable bonds is 3. The molecule has 1 amide bonds. The maximum Gasteiger partial charge on any atom is 0.254 e. The number of carbonyl (C=O) groups excluding carboxylic acids is 1. The molecule has 0 spiro atoms. The van der Waals surface area contributed by atoms with Gasteiger partial charge in [0.05, 0.1) is 25.4 Å². The molecular weight excluding hydrogens is 286 g/mol. The van der Waals surface area contributed by atoms with E-state index in [1.54, 1.807) is 18.2 Å². The standard InChI is InChI=1S/C16H19NO5/c1-2-20-15-6-17(12-8-19-7-11(12)15)16(18)10-3-4-13-14(5-10)22-9-21-13/h3-5,11-12,15H,2,6-9H2,1H3/t11-,12+,15-/m1/s1. The number of benzene rings is 1. The van der Waals surface area contributed by atoms with Crippen LogP contribution in [0.5, 0.6) is 11.5 Å². The van der Waals surface area contributed by atoms with Crippen LogP contribution < -0.4 is 9.47 Å². The van der Waals surface area contributed by atoms with Crippen molar-refractivity contribution in [2.75, 3.05) is 33.2 Å². The predicted molar refractivity (Wildman–Crippen MR) is 77.1 cm³/mol. The summed E-state index contributed by atoms with van der Waals surface area (Å²) >= 11 is 0. The normalized spacial score (nSPS) is 29.0. The van der Waals surface area contributed by atoms with Crippen molar-refractivity contribution in [3.05, 3.63) is 23.8 Å². The Morgan fingerprint density at radius 1 is 1.32 bits per heavy atom. The van der Waals surface area contributed by atoms with E-state index in [4.69, 9.17) is 18.9 Å². The molecule has 0 bridgehead atoms. The Morgan fingerprint density at radius 2 is 2.18 bits per heavy atom. The zero-order valence-corrected chi connectivity index (χ0v) is 12.5. The monoisotopic (exact) mass is 305 g/mol. The molecule has 22 heavy (non-hydrogen) atoms. The van der Waals surface area contributed by atoms with Crippen LogP contribution >= 0.6 is 0 Å². The van der Waals surface area contributed by atoms with Gasteiger partial charge in [-0.3, -0.25) is 4.79 Å². The molecule has 3 atom stereocenters. The number of nitrogens with zero attached hydrogens (tertiary/aromatic N) is 1. The van der Waals surface area contributed by atoms with E-state index in [9.17, 15) is 4.79 Å². The summed E-state index contributed by atoms with van der Waals surface area (Å²) in [6.45, 7) is 4.72. The van der Waals surface area contributed by atoms with Gasteiger partial charge in [0, 0.05) is 24.6 Å². The topological polar surface area (TPSA) is 57.2 Å². The van der Waals surface area contributed by atoms with E-state index in [1.807, 2.05) is 11.8 Å². The largest absolute Gasteiger partial charge is 0.454 e. The maximum absolute atomic E-state index is 12.9. The summed E-state index contributed by atoms with van der Waals surface area (Å²) in [5.74, 6) is 1.59. The summed E-state index contributed by atoms with van der Waals surface area (Å²) < 4.78 is 22.0. The third-order valence-corrected chi connectivity index (χ3v) is 4.61. The number of hydrogen-bond donors (Lipinski definition) is 0. The maximum atomic E-state index is 12.9. The molecule has 0 aliphatic carbocycles. The molecule has 3 aliphatic heterocycles. The molecule has 3 heterocycles. The van der Waals surface area contributed by atoms with Gasteiger partial charge in [-0.05, 0) is 25.1 Å². The molecule has 0 unspecified atom stereocenters. The van der Waals surface area contributed by atoms with Crippen LogP contribution in [0.4, 0.5) is 0 Å². The Balaban J connectivity index is 1.57. The molecule has 1 aromatic rings. The first-order valence-electron chi connectivity index (χ1n) is 7.68. The highest BCUT2D eigenvalue weighted by molar-refractivity contribution is 5.95. The summed E-state index contributed by atoms with van der Waals surface area (Å²) in [4.78, 5) is 14.7. The van der Waals surface area contributed by atoms with Crippen molar-refractivity contribution >= 4 is 5.91 Å². The SMILES string of the molecule is CCO[C@@H]1CN(C(=O)c2ccc3c(c2)OCO3)[C@H]2COC[C@@H]12. The summed E-state index contributed by atoms with van der Waals surface area (Å²) in [5, 5.41) is 0. The van der Waals surface area contributed by atoms with E-state index >= 15 is 0 Å². The molecule has 6 heteroatoms. The highest BCUT2D eigenvalue weighted by Crippen LogP contribution is 2.36. The van der Waals surface area contributed by atoms with Crippen molar-refractivity contribution in [3.63, 3.8) is 0 Å². The lowest BCUT2D eigenvalue weighted by molar-refractivity contribution is 0.0257. The Kier molecular flexibility index (Phi) is 3.43. The van der Waals surface area contributed by atoms with Crippen LogP contribution in [-0.2, 0) is 9.47 Å². The van der Waals surface area contributed by atoms with Gasteiger partial charge in [0.25, 0.3) is 5.91 Å². The van der Waals surface area contributed by atoms with Crippen LogP contribution in [-0.4, -0.2) is 56.1 Å². The predicted octanol–water partition coefficient (Wildman–Crippen LogP) is 1.29. The highest BCUT2D eigenvalue weighted by Gasteiger charge is 2.48. The van der Waals surface area contributed by atoms with Crippen molar-refractivity contribution in [1.29, 1.82) is 0 Å². The van der Waals surface area contributed by atoms with Gasteiger partial charge in [-0.2, -0.15) is 0 Å². The van der Waals surface area contributed by atoms with Crippen LogP contribution in [0.3, 0.4) is 0 Å². The third kappa shape index (κ3) is 2.14. The first kappa shape index (κ1) is 13.8. The van der Waals surface area contributed by atoms with Gasteiger partial charge >= 0.3 is 0 Å². The fourth-order valence-electron chi connectivity index (χ4n) is 3.52. The third-order valence-electron chi connectivity index (χ3n) is 4.61. The van der Waals surface area contributed by atoms with Gasteiger partial charge < -0.3 is 23.8 Å². The minimum absolute atomic E-state index is 0.000929. The van der Waals surface area contributed by atoms with E-state index in [2.05, 4.69) is 0 Å². The second kappa shape index (κ2) is 5.44. The van der Waals surface area contributed by atoms with Crippen LogP contribution in [0.25, 0.3) is 0 Å². The van der Waals surface area contributed by atoms with Gasteiger partial charge in [0.1, 0.15) is 0 Å². The minimum atomic E-state index is 0.000929. The summed E-state index contributed by atoms with van der Waals surface area (Å²) in [5.41, 5.74) is 0.618. The van der Waals surface area contributed by atoms with Gasteiger partial charge in [-0.25, -0.2) is 0 Å². The molecule has 4 rings (SSSR count). The zero-order chi connectivity index (χ0) is 15.1. The first-order valence-corrected chi connectivity index (χ1v) is 7.68. The van der Waals surface area contributed by atoms with E-state index in [-0.39, 0.29) is 30.8 Å². The second-order valence-corrected chi connectivity index (χ2v) is 5.79. The first-order chi connectivity index (χ1) is 10.8. The number of hydrogen-bond acceptors (Lipinski definition) is 5. The second-order valence-electron chi connectivity index (χ2n) is 5.79. The quantitative estimate of drug-likeness (QED) is 0.842. The number of fused-ring (bicyclic) bond motifs is 2. The van der Waals surface area contributed by atoms with Crippen LogP contribution in [0.1, 0.15) is 17.3 Å². The van der Waals surface area contributed by atoms with Crippen molar-refractivity contribution in [2.45, 2.75) is 19.1 Å². The average molecular weight is 305 g/mol. The van der Waals surface area contributed by atoms with E-state index < -0.39 is 0 Å². The van der Waals surface area contributed by atoms with Crippen LogP contribution in [0, 0.1) is 5.92 Å². The highest BCUT2D eigenvalue weighted by atomic mass is 16.7.